The fraction of sp³-hybridized carbons (Fsp3) is 0.471. The van der Waals surface area contributed by atoms with E-state index in [-0.39, 0.29) is 22.8 Å². The van der Waals surface area contributed by atoms with Gasteiger partial charge in [-0.2, -0.15) is 0 Å². The van der Waals surface area contributed by atoms with E-state index >= 15 is 0 Å². The van der Waals surface area contributed by atoms with Crippen LogP contribution in [0.5, 0.6) is 0 Å². The van der Waals surface area contributed by atoms with E-state index in [1.54, 1.807) is 26.0 Å². The highest BCUT2D eigenvalue weighted by Crippen LogP contribution is 2.43. The fourth-order valence-electron chi connectivity index (χ4n) is 3.41. The van der Waals surface area contributed by atoms with Crippen molar-refractivity contribution in [1.29, 1.82) is 0 Å². The van der Waals surface area contributed by atoms with Gasteiger partial charge in [0.2, 0.25) is 15.9 Å². The van der Waals surface area contributed by atoms with Gasteiger partial charge in [-0.1, -0.05) is 12.2 Å². The molecule has 1 aromatic rings. The molecule has 1 fully saturated rings. The first-order valence-electron chi connectivity index (χ1n) is 7.97. The van der Waals surface area contributed by atoms with Crippen LogP contribution in [0.3, 0.4) is 0 Å². The third kappa shape index (κ3) is 3.48. The molecule has 1 aromatic carbocycles. The van der Waals surface area contributed by atoms with Gasteiger partial charge in [0.25, 0.3) is 0 Å². The molecule has 0 unspecified atom stereocenters. The number of fused-ring (bicyclic) bond motifs is 2. The molecule has 0 aliphatic heterocycles. The topological polar surface area (TPSA) is 75.3 Å². The summed E-state index contributed by atoms with van der Waals surface area (Å²) in [6.45, 7) is 3.55. The quantitative estimate of drug-likeness (QED) is 0.813. The van der Waals surface area contributed by atoms with Gasteiger partial charge in [0.05, 0.1) is 4.90 Å². The third-order valence-corrected chi connectivity index (χ3v) is 6.11. The van der Waals surface area contributed by atoms with E-state index in [1.165, 1.54) is 12.1 Å². The van der Waals surface area contributed by atoms with Gasteiger partial charge in [-0.15, -0.1) is 0 Å². The van der Waals surface area contributed by atoms with Crippen molar-refractivity contribution in [3.05, 3.63) is 36.4 Å². The SMILES string of the molecule is CC(C)NS(=O)(=O)c1ccc(NC(=O)[C@H]2C[C@@H]3C=C[C@H]2C3)cc1. The molecule has 0 saturated heterocycles. The van der Waals surface area contributed by atoms with E-state index in [9.17, 15) is 13.2 Å². The second-order valence-corrected chi connectivity index (χ2v) is 8.39. The Labute approximate surface area is 137 Å². The van der Waals surface area contributed by atoms with Gasteiger partial charge in [-0.3, -0.25) is 4.79 Å². The Balaban J connectivity index is 1.66. The molecular formula is C17H22N2O3S. The van der Waals surface area contributed by atoms with Crippen LogP contribution in [0.15, 0.2) is 41.3 Å². The van der Waals surface area contributed by atoms with Crippen LogP contribution in [0.1, 0.15) is 26.7 Å². The maximum Gasteiger partial charge on any atom is 0.240 e. The molecule has 2 aliphatic carbocycles. The Kier molecular flexibility index (Phi) is 4.29. The minimum atomic E-state index is -3.50. The summed E-state index contributed by atoms with van der Waals surface area (Å²) in [5, 5.41) is 2.90. The second kappa shape index (κ2) is 6.09. The lowest BCUT2D eigenvalue weighted by Gasteiger charge is -2.17. The number of benzene rings is 1. The summed E-state index contributed by atoms with van der Waals surface area (Å²) < 4.78 is 26.7. The average Bonchev–Trinajstić information content (AvgIpc) is 3.09. The first-order valence-corrected chi connectivity index (χ1v) is 9.45. The Morgan fingerprint density at radius 2 is 1.83 bits per heavy atom. The number of rotatable bonds is 5. The molecule has 124 valence electrons. The first-order chi connectivity index (χ1) is 10.8. The highest BCUT2D eigenvalue weighted by atomic mass is 32.2. The summed E-state index contributed by atoms with van der Waals surface area (Å²) in [5.74, 6) is 0.967. The molecule has 0 heterocycles. The maximum absolute atomic E-state index is 12.4. The van der Waals surface area contributed by atoms with Crippen molar-refractivity contribution >= 4 is 21.6 Å². The molecule has 1 saturated carbocycles. The van der Waals surface area contributed by atoms with Gasteiger partial charge in [-0.05, 0) is 62.8 Å². The molecule has 2 bridgehead atoms. The minimum absolute atomic E-state index is 0.0257. The van der Waals surface area contributed by atoms with E-state index in [0.29, 0.717) is 17.5 Å². The van der Waals surface area contributed by atoms with E-state index in [1.807, 2.05) is 0 Å². The van der Waals surface area contributed by atoms with Crippen LogP contribution in [-0.4, -0.2) is 20.4 Å². The van der Waals surface area contributed by atoms with Gasteiger partial charge in [-0.25, -0.2) is 13.1 Å². The van der Waals surface area contributed by atoms with Crippen molar-refractivity contribution in [2.24, 2.45) is 17.8 Å². The number of allylic oxidation sites excluding steroid dienone is 2. The summed E-state index contributed by atoms with van der Waals surface area (Å²) in [5.41, 5.74) is 0.630. The van der Waals surface area contributed by atoms with E-state index < -0.39 is 10.0 Å². The average molecular weight is 334 g/mol. The van der Waals surface area contributed by atoms with Crippen molar-refractivity contribution in [2.75, 3.05) is 5.32 Å². The van der Waals surface area contributed by atoms with E-state index in [4.69, 9.17) is 0 Å². The van der Waals surface area contributed by atoms with Crippen molar-refractivity contribution in [3.8, 4) is 0 Å². The molecule has 0 aromatic heterocycles. The number of hydrogen-bond acceptors (Lipinski definition) is 3. The Morgan fingerprint density at radius 3 is 2.35 bits per heavy atom. The van der Waals surface area contributed by atoms with Crippen molar-refractivity contribution in [3.63, 3.8) is 0 Å². The summed E-state index contributed by atoms with van der Waals surface area (Å²) in [7, 11) is -3.50. The smallest absolute Gasteiger partial charge is 0.240 e. The number of carbonyl (C=O) groups is 1. The standard InChI is InChI=1S/C17H22N2O3S/c1-11(2)19-23(21,22)15-7-5-14(6-8-15)18-17(20)16-10-12-3-4-13(16)9-12/h3-8,11-13,16,19H,9-10H2,1-2H3,(H,18,20)/t12-,13+,16+/m1/s1. The highest BCUT2D eigenvalue weighted by Gasteiger charge is 2.39. The molecule has 1 amide bonds. The molecule has 6 heteroatoms. The molecule has 3 atom stereocenters. The van der Waals surface area contributed by atoms with Gasteiger partial charge < -0.3 is 5.32 Å². The van der Waals surface area contributed by atoms with Gasteiger partial charge in [0, 0.05) is 17.6 Å². The number of hydrogen-bond donors (Lipinski definition) is 2. The van der Waals surface area contributed by atoms with Crippen molar-refractivity contribution in [1.82, 2.24) is 4.72 Å². The predicted molar refractivity (Wildman–Crippen MR) is 89.4 cm³/mol. The molecule has 2 aliphatic rings. The third-order valence-electron chi connectivity index (χ3n) is 4.44. The predicted octanol–water partition coefficient (Wildman–Crippen LogP) is 2.52. The number of anilines is 1. The van der Waals surface area contributed by atoms with Crippen LogP contribution in [0.4, 0.5) is 5.69 Å². The van der Waals surface area contributed by atoms with E-state index in [2.05, 4.69) is 22.2 Å². The van der Waals surface area contributed by atoms with Gasteiger partial charge >= 0.3 is 0 Å². The number of carbonyl (C=O) groups excluding carboxylic acids is 1. The second-order valence-electron chi connectivity index (χ2n) is 6.68. The lowest BCUT2D eigenvalue weighted by Crippen LogP contribution is -2.30. The minimum Gasteiger partial charge on any atom is -0.326 e. The van der Waals surface area contributed by atoms with Gasteiger partial charge in [0.1, 0.15) is 0 Å². The fourth-order valence-corrected chi connectivity index (χ4v) is 4.66. The molecule has 0 radical (unpaired) electrons. The van der Waals surface area contributed by atoms with Crippen LogP contribution in [0.2, 0.25) is 0 Å². The number of sulfonamides is 1. The lowest BCUT2D eigenvalue weighted by molar-refractivity contribution is -0.120. The van der Waals surface area contributed by atoms with Gasteiger partial charge in [0.15, 0.2) is 0 Å². The van der Waals surface area contributed by atoms with Crippen LogP contribution in [-0.2, 0) is 14.8 Å². The molecule has 0 spiro atoms. The zero-order valence-electron chi connectivity index (χ0n) is 13.3. The van der Waals surface area contributed by atoms with Crippen LogP contribution >= 0.6 is 0 Å². The van der Waals surface area contributed by atoms with Crippen LogP contribution in [0.25, 0.3) is 0 Å². The highest BCUT2D eigenvalue weighted by molar-refractivity contribution is 7.89. The summed E-state index contributed by atoms with van der Waals surface area (Å²) in [6.07, 6.45) is 6.34. The monoisotopic (exact) mass is 334 g/mol. The number of amides is 1. The maximum atomic E-state index is 12.4. The summed E-state index contributed by atoms with van der Waals surface area (Å²) >= 11 is 0. The van der Waals surface area contributed by atoms with E-state index in [0.717, 1.165) is 12.8 Å². The summed E-state index contributed by atoms with van der Waals surface area (Å²) in [4.78, 5) is 12.6. The van der Waals surface area contributed by atoms with Crippen LogP contribution < -0.4 is 10.0 Å². The zero-order valence-corrected chi connectivity index (χ0v) is 14.1. The largest absolute Gasteiger partial charge is 0.326 e. The van der Waals surface area contributed by atoms with Crippen molar-refractivity contribution in [2.45, 2.75) is 37.6 Å². The molecule has 2 N–H and O–H groups in total. The lowest BCUT2D eigenvalue weighted by atomic mass is 9.93. The number of nitrogens with one attached hydrogen (secondary N) is 2. The Bertz CT molecular complexity index is 723. The normalized spacial score (nSPS) is 26.0. The van der Waals surface area contributed by atoms with Crippen LogP contribution in [0, 0.1) is 17.8 Å². The zero-order chi connectivity index (χ0) is 16.6. The van der Waals surface area contributed by atoms with Crippen molar-refractivity contribution < 1.29 is 13.2 Å². The molecule has 5 nitrogen and oxygen atoms in total. The molecule has 3 rings (SSSR count). The summed E-state index contributed by atoms with van der Waals surface area (Å²) in [6, 6.07) is 6.14. The first kappa shape index (κ1) is 16.2. The Hall–Kier alpha value is -1.66. The molecule has 23 heavy (non-hydrogen) atoms. The Morgan fingerprint density at radius 1 is 1.13 bits per heavy atom. The molecular weight excluding hydrogens is 312 g/mol.